The number of thiophene rings is 1. The monoisotopic (exact) mass is 887 g/mol. The van der Waals surface area contributed by atoms with E-state index < -0.39 is 8.07 Å². The van der Waals surface area contributed by atoms with Crippen LogP contribution in [0.3, 0.4) is 0 Å². The molecule has 316 valence electrons. The molecule has 0 aliphatic rings. The zero-order chi connectivity index (χ0) is 44.6. The van der Waals surface area contributed by atoms with E-state index in [9.17, 15) is 0 Å². The van der Waals surface area contributed by atoms with E-state index in [-0.39, 0.29) is 0 Å². The third kappa shape index (κ3) is 7.17. The number of hydrogen-bond donors (Lipinski definition) is 0. The third-order valence-corrected chi connectivity index (χ3v) is 19.5. The van der Waals surface area contributed by atoms with Gasteiger partial charge in [0.2, 0.25) is 0 Å². The summed E-state index contributed by atoms with van der Waals surface area (Å²) >= 11 is 1.89. The van der Waals surface area contributed by atoms with E-state index in [4.69, 9.17) is 0 Å². The van der Waals surface area contributed by atoms with Crippen LogP contribution < -0.4 is 25.6 Å². The van der Waals surface area contributed by atoms with Gasteiger partial charge >= 0.3 is 0 Å². The van der Waals surface area contributed by atoms with Crippen molar-refractivity contribution in [3.8, 4) is 33.4 Å². The molecular formula is C64H45NSSi. The minimum Gasteiger partial charge on any atom is -0.309 e. The number of anilines is 3. The van der Waals surface area contributed by atoms with E-state index in [0.717, 1.165) is 17.1 Å². The van der Waals surface area contributed by atoms with Gasteiger partial charge in [-0.1, -0.05) is 243 Å². The summed E-state index contributed by atoms with van der Waals surface area (Å²) in [6.45, 7) is 0. The Bertz CT molecular complexity index is 3560. The molecule has 1 nitrogen and oxygen atoms in total. The molecule has 12 rings (SSSR count). The molecule has 1 heterocycles. The molecule has 1 aromatic heterocycles. The van der Waals surface area contributed by atoms with Crippen molar-refractivity contribution in [1.29, 1.82) is 0 Å². The lowest BCUT2D eigenvalue weighted by atomic mass is 9.98. The van der Waals surface area contributed by atoms with Crippen LogP contribution in [-0.2, 0) is 0 Å². The molecule has 67 heavy (non-hydrogen) atoms. The first-order valence-electron chi connectivity index (χ1n) is 23.0. The first-order chi connectivity index (χ1) is 33.2. The van der Waals surface area contributed by atoms with Crippen molar-refractivity contribution in [2.45, 2.75) is 0 Å². The second-order valence-electron chi connectivity index (χ2n) is 17.2. The van der Waals surface area contributed by atoms with Gasteiger partial charge in [0.1, 0.15) is 0 Å². The molecular weight excluding hydrogens is 843 g/mol. The van der Waals surface area contributed by atoms with E-state index in [1.54, 1.807) is 0 Å². The van der Waals surface area contributed by atoms with Crippen molar-refractivity contribution >= 4 is 88.2 Å². The van der Waals surface area contributed by atoms with Crippen molar-refractivity contribution in [3.63, 3.8) is 0 Å². The van der Waals surface area contributed by atoms with Crippen molar-refractivity contribution in [1.82, 2.24) is 0 Å². The Balaban J connectivity index is 1.00. The van der Waals surface area contributed by atoms with Gasteiger partial charge in [-0.2, -0.15) is 0 Å². The van der Waals surface area contributed by atoms with Crippen molar-refractivity contribution < 1.29 is 0 Å². The third-order valence-electron chi connectivity index (χ3n) is 13.4. The number of nitrogens with zero attached hydrogens (tertiary/aromatic N) is 1. The molecule has 0 aliphatic heterocycles. The predicted molar refractivity (Wildman–Crippen MR) is 291 cm³/mol. The Hall–Kier alpha value is -8.08. The number of fused-ring (bicyclic) bond motifs is 4. The number of rotatable bonds is 10. The van der Waals surface area contributed by atoms with Crippen LogP contribution in [0.25, 0.3) is 64.3 Å². The highest BCUT2D eigenvalue weighted by Gasteiger charge is 2.41. The quantitative estimate of drug-likeness (QED) is 0.0977. The van der Waals surface area contributed by atoms with Crippen LogP contribution in [0.2, 0.25) is 0 Å². The van der Waals surface area contributed by atoms with Gasteiger partial charge in [-0.3, -0.25) is 0 Å². The minimum atomic E-state index is -2.70. The van der Waals surface area contributed by atoms with Gasteiger partial charge in [-0.25, -0.2) is 0 Å². The van der Waals surface area contributed by atoms with E-state index in [1.165, 1.54) is 85.1 Å². The Kier molecular flexibility index (Phi) is 10.5. The molecule has 0 N–H and O–H groups in total. The summed E-state index contributed by atoms with van der Waals surface area (Å²) < 4.78 is 2.57. The Morgan fingerprint density at radius 3 is 1.36 bits per heavy atom. The molecule has 0 bridgehead atoms. The molecule has 0 unspecified atom stereocenters. The standard InChI is InChI=1S/C64H45NSSi/c1-5-19-48(20-6-1)59-33-17-34-60-61-35-18-36-62(64(61)66-63(59)60)65(52-43-39-49(40-44-52)58-32-16-22-47-21-13-14-31-57(47)58)51-41-37-46(38-42-51)50-23-15-30-56(45-50)67(53-24-7-2-8-25-53,54-26-9-3-10-27-54)55-28-11-4-12-29-55/h1-45H. The molecule has 0 amide bonds. The van der Waals surface area contributed by atoms with Gasteiger partial charge < -0.3 is 4.90 Å². The van der Waals surface area contributed by atoms with Crippen molar-refractivity contribution in [2.75, 3.05) is 4.90 Å². The van der Waals surface area contributed by atoms with Crippen LogP contribution in [0, 0.1) is 0 Å². The van der Waals surface area contributed by atoms with E-state index >= 15 is 0 Å². The lowest BCUT2D eigenvalue weighted by Gasteiger charge is -2.34. The zero-order valence-electron chi connectivity index (χ0n) is 36.8. The zero-order valence-corrected chi connectivity index (χ0v) is 38.7. The fraction of sp³-hybridized carbons (Fsp3) is 0. The Morgan fingerprint density at radius 2 is 0.716 bits per heavy atom. The second kappa shape index (κ2) is 17.4. The molecule has 0 atom stereocenters. The molecule has 12 aromatic rings. The van der Waals surface area contributed by atoms with E-state index in [0.29, 0.717) is 0 Å². The van der Waals surface area contributed by atoms with E-state index in [1.807, 2.05) is 11.3 Å². The predicted octanol–water partition coefficient (Wildman–Crippen LogP) is 15.1. The van der Waals surface area contributed by atoms with Gasteiger partial charge in [0.15, 0.2) is 8.07 Å². The molecule has 0 saturated heterocycles. The summed E-state index contributed by atoms with van der Waals surface area (Å²) in [4.78, 5) is 2.45. The average molecular weight is 888 g/mol. The van der Waals surface area contributed by atoms with E-state index in [2.05, 4.69) is 278 Å². The van der Waals surface area contributed by atoms with Crippen molar-refractivity contribution in [2.24, 2.45) is 0 Å². The van der Waals surface area contributed by atoms with Gasteiger partial charge in [0.25, 0.3) is 0 Å². The summed E-state index contributed by atoms with van der Waals surface area (Å²) in [5.41, 5.74) is 10.7. The highest BCUT2D eigenvalue weighted by atomic mass is 32.1. The van der Waals surface area contributed by atoms with Crippen molar-refractivity contribution in [3.05, 3.63) is 273 Å². The highest BCUT2D eigenvalue weighted by Crippen LogP contribution is 2.47. The highest BCUT2D eigenvalue weighted by molar-refractivity contribution is 7.27. The Morgan fingerprint density at radius 1 is 0.284 bits per heavy atom. The fourth-order valence-electron chi connectivity index (χ4n) is 10.3. The van der Waals surface area contributed by atoms with Crippen LogP contribution in [0.15, 0.2) is 273 Å². The smallest absolute Gasteiger partial charge is 0.179 e. The van der Waals surface area contributed by atoms with Crippen LogP contribution in [0.5, 0.6) is 0 Å². The molecule has 0 saturated carbocycles. The summed E-state index contributed by atoms with van der Waals surface area (Å²) in [7, 11) is -2.70. The normalized spacial score (nSPS) is 11.6. The first-order valence-corrected chi connectivity index (χ1v) is 25.8. The first kappa shape index (κ1) is 40.4. The lowest BCUT2D eigenvalue weighted by molar-refractivity contribution is 1.30. The van der Waals surface area contributed by atoms with Gasteiger partial charge in [0, 0.05) is 26.8 Å². The maximum atomic E-state index is 2.46. The maximum absolute atomic E-state index is 2.70. The van der Waals surface area contributed by atoms with Crippen LogP contribution in [0.4, 0.5) is 17.1 Å². The average Bonchev–Trinajstić information content (AvgIpc) is 3.80. The fourth-order valence-corrected chi connectivity index (χ4v) is 16.5. The largest absolute Gasteiger partial charge is 0.309 e. The second-order valence-corrected chi connectivity index (χ2v) is 22.0. The van der Waals surface area contributed by atoms with Crippen LogP contribution >= 0.6 is 11.3 Å². The minimum absolute atomic E-state index is 1.10. The maximum Gasteiger partial charge on any atom is 0.179 e. The molecule has 0 radical (unpaired) electrons. The summed E-state index contributed by atoms with van der Waals surface area (Å²) in [6.07, 6.45) is 0. The summed E-state index contributed by atoms with van der Waals surface area (Å²) in [6, 6.07) is 101. The van der Waals surface area contributed by atoms with Gasteiger partial charge in [0.05, 0.1) is 10.4 Å². The molecule has 3 heteroatoms. The SMILES string of the molecule is c1ccc(-c2cccc3c2sc2c(N(c4ccc(-c5cccc([Si](c6ccccc6)(c6ccccc6)c6ccccc6)c5)cc4)c4ccc(-c5cccc6ccccc56)cc4)cccc23)cc1. The summed E-state index contributed by atoms with van der Waals surface area (Å²) in [5, 5.41) is 10.5. The van der Waals surface area contributed by atoms with Gasteiger partial charge in [-0.15, -0.1) is 11.3 Å². The molecule has 0 spiro atoms. The number of benzene rings is 11. The van der Waals surface area contributed by atoms with Crippen LogP contribution in [-0.4, -0.2) is 8.07 Å². The topological polar surface area (TPSA) is 3.24 Å². The summed E-state index contributed by atoms with van der Waals surface area (Å²) in [5.74, 6) is 0. The van der Waals surface area contributed by atoms with Gasteiger partial charge in [-0.05, 0) is 95.2 Å². The molecule has 0 fully saturated rings. The number of hydrogen-bond acceptors (Lipinski definition) is 2. The molecule has 11 aromatic carbocycles. The Labute approximate surface area is 397 Å². The lowest BCUT2D eigenvalue weighted by Crippen LogP contribution is -2.74. The van der Waals surface area contributed by atoms with Crippen LogP contribution in [0.1, 0.15) is 0 Å². The molecule has 0 aliphatic carbocycles.